The number of aromatic hydroxyl groups is 1. The van der Waals surface area contributed by atoms with Crippen molar-refractivity contribution in [3.8, 4) is 5.75 Å². The maximum Gasteiger partial charge on any atom is 0.330 e. The molecule has 29 heavy (non-hydrogen) atoms. The highest BCUT2D eigenvalue weighted by molar-refractivity contribution is 5.88. The van der Waals surface area contributed by atoms with Gasteiger partial charge in [-0.3, -0.25) is 4.99 Å². The molecule has 0 radical (unpaired) electrons. The van der Waals surface area contributed by atoms with E-state index in [-0.39, 0.29) is 5.75 Å². The summed E-state index contributed by atoms with van der Waals surface area (Å²) in [5, 5.41) is 11.5. The first-order valence-corrected chi connectivity index (χ1v) is 9.81. The van der Waals surface area contributed by atoms with Gasteiger partial charge in [-0.2, -0.15) is 0 Å². The van der Waals surface area contributed by atoms with Crippen molar-refractivity contribution in [2.45, 2.75) is 26.3 Å². The number of phenols is 1. The number of methoxy groups -OCH3 is 1. The molecule has 0 bridgehead atoms. The maximum atomic E-state index is 12.3. The molecule has 0 saturated heterocycles. The lowest BCUT2D eigenvalue weighted by molar-refractivity contribution is -0.142. The Balaban J connectivity index is 1.83. The molecule has 1 heterocycles. The molecule has 152 valence electrons. The number of aliphatic imine (C=N–C) groups is 1. The minimum Gasteiger partial charge on any atom is -0.507 e. The predicted molar refractivity (Wildman–Crippen MR) is 117 cm³/mol. The zero-order valence-electron chi connectivity index (χ0n) is 17.1. The van der Waals surface area contributed by atoms with Crippen molar-refractivity contribution in [3.05, 3.63) is 59.8 Å². The summed E-state index contributed by atoms with van der Waals surface area (Å²) in [6, 6.07) is 12.7. The number of carbonyl (C=O) groups is 1. The molecule has 3 rings (SSSR count). The van der Waals surface area contributed by atoms with Crippen molar-refractivity contribution in [2.24, 2.45) is 4.99 Å². The van der Waals surface area contributed by atoms with Crippen LogP contribution in [-0.4, -0.2) is 48.5 Å². The number of phenolic OH excluding ortho intramolecular Hbond substituents is 1. The van der Waals surface area contributed by atoms with Crippen LogP contribution < -0.4 is 4.90 Å². The molecule has 1 aromatic heterocycles. The second-order valence-electron chi connectivity index (χ2n) is 6.80. The SMILES string of the molecule is CCN(CC)c1ccc(C=N[C@H](Cc2c[nH]c3ccccc23)C(=O)OC)c(O)c1. The van der Waals surface area contributed by atoms with Gasteiger partial charge in [0.1, 0.15) is 5.75 Å². The number of ether oxygens (including phenoxy) is 1. The summed E-state index contributed by atoms with van der Waals surface area (Å²) < 4.78 is 4.94. The van der Waals surface area contributed by atoms with Crippen molar-refractivity contribution in [3.63, 3.8) is 0 Å². The number of carbonyl (C=O) groups excluding carboxylic acids is 1. The van der Waals surface area contributed by atoms with Crippen LogP contribution in [0.1, 0.15) is 25.0 Å². The fourth-order valence-corrected chi connectivity index (χ4v) is 3.44. The lowest BCUT2D eigenvalue weighted by Gasteiger charge is -2.21. The number of nitrogens with one attached hydrogen (secondary N) is 1. The molecule has 6 heteroatoms. The molecule has 0 fully saturated rings. The molecule has 3 aromatic rings. The number of hydrogen-bond acceptors (Lipinski definition) is 5. The average molecular weight is 393 g/mol. The number of fused-ring (bicyclic) bond motifs is 1. The number of nitrogens with zero attached hydrogens (tertiary/aromatic N) is 2. The first-order valence-electron chi connectivity index (χ1n) is 9.81. The van der Waals surface area contributed by atoms with Gasteiger partial charge in [-0.1, -0.05) is 18.2 Å². The highest BCUT2D eigenvalue weighted by Crippen LogP contribution is 2.24. The first kappa shape index (κ1) is 20.5. The Bertz CT molecular complexity index is 1010. The van der Waals surface area contributed by atoms with Crippen LogP contribution in [0.4, 0.5) is 5.69 Å². The number of esters is 1. The lowest BCUT2D eigenvalue weighted by Crippen LogP contribution is -2.23. The molecule has 6 nitrogen and oxygen atoms in total. The fourth-order valence-electron chi connectivity index (χ4n) is 3.44. The number of hydrogen-bond donors (Lipinski definition) is 2. The Kier molecular flexibility index (Phi) is 6.54. The Hall–Kier alpha value is -3.28. The lowest BCUT2D eigenvalue weighted by atomic mass is 10.1. The predicted octanol–water partition coefficient (Wildman–Crippen LogP) is 3.92. The van der Waals surface area contributed by atoms with Crippen LogP contribution in [-0.2, 0) is 16.0 Å². The fraction of sp³-hybridized carbons (Fsp3) is 0.304. The summed E-state index contributed by atoms with van der Waals surface area (Å²) in [7, 11) is 1.36. The topological polar surface area (TPSA) is 77.9 Å². The molecule has 0 aliphatic heterocycles. The van der Waals surface area contributed by atoms with Gasteiger partial charge in [0.25, 0.3) is 0 Å². The van der Waals surface area contributed by atoms with Crippen molar-refractivity contribution in [2.75, 3.05) is 25.1 Å². The molecule has 2 N–H and O–H groups in total. The van der Waals surface area contributed by atoms with Crippen molar-refractivity contribution < 1.29 is 14.6 Å². The second-order valence-corrected chi connectivity index (χ2v) is 6.80. The van der Waals surface area contributed by atoms with Gasteiger partial charge in [-0.15, -0.1) is 0 Å². The molecule has 1 atom stereocenters. The van der Waals surface area contributed by atoms with Crippen LogP contribution in [0.15, 0.2) is 53.7 Å². The van der Waals surface area contributed by atoms with Crippen molar-refractivity contribution in [1.29, 1.82) is 0 Å². The summed E-state index contributed by atoms with van der Waals surface area (Å²) in [6.45, 7) is 5.86. The van der Waals surface area contributed by atoms with Gasteiger partial charge in [0.2, 0.25) is 0 Å². The van der Waals surface area contributed by atoms with Gasteiger partial charge in [0.05, 0.1) is 7.11 Å². The van der Waals surface area contributed by atoms with E-state index >= 15 is 0 Å². The van der Waals surface area contributed by atoms with Crippen LogP contribution in [0, 0.1) is 0 Å². The average Bonchev–Trinajstić information content (AvgIpc) is 3.15. The van der Waals surface area contributed by atoms with Gasteiger partial charge in [-0.05, 0) is 37.6 Å². The highest BCUT2D eigenvalue weighted by Gasteiger charge is 2.20. The Morgan fingerprint density at radius 1 is 1.24 bits per heavy atom. The summed E-state index contributed by atoms with van der Waals surface area (Å²) in [5.41, 5.74) is 3.52. The van der Waals surface area contributed by atoms with E-state index in [1.54, 1.807) is 6.07 Å². The van der Waals surface area contributed by atoms with E-state index in [4.69, 9.17) is 4.74 Å². The zero-order chi connectivity index (χ0) is 20.8. The number of H-pyrrole nitrogens is 1. The van der Waals surface area contributed by atoms with Crippen molar-refractivity contribution in [1.82, 2.24) is 4.98 Å². The Labute approximate surface area is 170 Å². The maximum absolute atomic E-state index is 12.3. The summed E-state index contributed by atoms with van der Waals surface area (Å²) in [6.07, 6.45) is 3.84. The molecule has 2 aromatic carbocycles. The van der Waals surface area contributed by atoms with Crippen LogP contribution in [0.3, 0.4) is 0 Å². The van der Waals surface area contributed by atoms with Gasteiger partial charge in [-0.25, -0.2) is 4.79 Å². The quantitative estimate of drug-likeness (QED) is 0.449. The monoisotopic (exact) mass is 393 g/mol. The van der Waals surface area contributed by atoms with Gasteiger partial charge < -0.3 is 19.7 Å². The standard InChI is InChI=1S/C23H27N3O3/c1-4-26(5-2)18-11-10-16(22(27)13-18)14-25-21(23(28)29-3)12-17-15-24-20-9-7-6-8-19(17)20/h6-11,13-15,21,24,27H,4-5,12H2,1-3H3/t21-/m1/s1. The zero-order valence-corrected chi connectivity index (χ0v) is 17.1. The van der Waals surface area contributed by atoms with Crippen LogP contribution in [0.5, 0.6) is 5.75 Å². The Morgan fingerprint density at radius 3 is 2.69 bits per heavy atom. The third-order valence-electron chi connectivity index (χ3n) is 5.10. The van der Waals surface area contributed by atoms with Crippen LogP contribution in [0.2, 0.25) is 0 Å². The minimum atomic E-state index is -0.693. The van der Waals surface area contributed by atoms with E-state index in [1.165, 1.54) is 13.3 Å². The highest BCUT2D eigenvalue weighted by atomic mass is 16.5. The molecule has 0 amide bonds. The minimum absolute atomic E-state index is 0.133. The van der Waals surface area contributed by atoms with Gasteiger partial charge in [0, 0.05) is 60.1 Å². The Morgan fingerprint density at radius 2 is 2.00 bits per heavy atom. The number of rotatable bonds is 8. The third-order valence-corrected chi connectivity index (χ3v) is 5.10. The number of aromatic amines is 1. The smallest absolute Gasteiger partial charge is 0.330 e. The van der Waals surface area contributed by atoms with Crippen LogP contribution >= 0.6 is 0 Å². The second kappa shape index (κ2) is 9.28. The number of aromatic nitrogens is 1. The van der Waals surface area contributed by atoms with E-state index in [9.17, 15) is 9.90 Å². The van der Waals surface area contributed by atoms with Gasteiger partial charge >= 0.3 is 5.97 Å². The van der Waals surface area contributed by atoms with Crippen LogP contribution in [0.25, 0.3) is 10.9 Å². The summed E-state index contributed by atoms with van der Waals surface area (Å²) in [5.74, 6) is -0.278. The normalized spacial score (nSPS) is 12.4. The molecule has 0 aliphatic carbocycles. The number of anilines is 1. The van der Waals surface area contributed by atoms with E-state index in [1.807, 2.05) is 42.6 Å². The summed E-state index contributed by atoms with van der Waals surface area (Å²) in [4.78, 5) is 22.1. The largest absolute Gasteiger partial charge is 0.507 e. The summed E-state index contributed by atoms with van der Waals surface area (Å²) >= 11 is 0. The van der Waals surface area contributed by atoms with E-state index in [2.05, 4.69) is 28.7 Å². The number of para-hydroxylation sites is 1. The molecular formula is C23H27N3O3. The first-order chi connectivity index (χ1) is 14.1. The number of benzene rings is 2. The molecule has 0 aliphatic rings. The van der Waals surface area contributed by atoms with Crippen molar-refractivity contribution >= 4 is 28.8 Å². The molecule has 0 spiro atoms. The van der Waals surface area contributed by atoms with E-state index in [0.29, 0.717) is 12.0 Å². The van der Waals surface area contributed by atoms with Gasteiger partial charge in [0.15, 0.2) is 6.04 Å². The third kappa shape index (κ3) is 4.59. The molecule has 0 unspecified atom stereocenters. The van der Waals surface area contributed by atoms with E-state index in [0.717, 1.165) is 35.2 Å². The molecular weight excluding hydrogens is 366 g/mol. The molecule has 0 saturated carbocycles. The van der Waals surface area contributed by atoms with E-state index < -0.39 is 12.0 Å².